The fourth-order valence-electron chi connectivity index (χ4n) is 2.88. The van der Waals surface area contributed by atoms with Crippen LogP contribution in [-0.4, -0.2) is 26.0 Å². The third kappa shape index (κ3) is 3.06. The molecule has 1 amide bonds. The van der Waals surface area contributed by atoms with Gasteiger partial charge < -0.3 is 14.8 Å². The van der Waals surface area contributed by atoms with Crippen molar-refractivity contribution in [3.05, 3.63) is 63.7 Å². The molecule has 0 fully saturated rings. The maximum absolute atomic E-state index is 12.3. The molecule has 0 aromatic carbocycles. The second kappa shape index (κ2) is 6.31. The van der Waals surface area contributed by atoms with Crippen molar-refractivity contribution >= 4 is 5.91 Å². The molecule has 0 saturated carbocycles. The molecule has 1 aliphatic carbocycles. The first-order valence-corrected chi connectivity index (χ1v) is 7.97. The minimum Gasteiger partial charge on any atom is -0.343 e. The number of hydrogen-bond donors (Lipinski definition) is 2. The quantitative estimate of drug-likeness (QED) is 0.740. The summed E-state index contributed by atoms with van der Waals surface area (Å²) >= 11 is 0. The lowest BCUT2D eigenvalue weighted by molar-refractivity contribution is 0.0944. The van der Waals surface area contributed by atoms with Gasteiger partial charge in [0.2, 0.25) is 11.7 Å². The molecule has 8 heteroatoms. The van der Waals surface area contributed by atoms with E-state index in [9.17, 15) is 9.59 Å². The number of pyridine rings is 2. The van der Waals surface area contributed by atoms with Gasteiger partial charge in [-0.3, -0.25) is 14.6 Å². The maximum Gasteiger partial charge on any atom is 0.261 e. The van der Waals surface area contributed by atoms with E-state index in [1.807, 2.05) is 0 Å². The van der Waals surface area contributed by atoms with E-state index in [4.69, 9.17) is 4.52 Å². The van der Waals surface area contributed by atoms with Gasteiger partial charge in [0.1, 0.15) is 5.56 Å². The third-order valence-electron chi connectivity index (χ3n) is 4.14. The van der Waals surface area contributed by atoms with Gasteiger partial charge in [-0.05, 0) is 43.0 Å². The van der Waals surface area contributed by atoms with Gasteiger partial charge in [0, 0.05) is 23.7 Å². The topological polar surface area (TPSA) is 114 Å². The molecule has 4 rings (SSSR count). The molecule has 0 saturated heterocycles. The molecule has 25 heavy (non-hydrogen) atoms. The van der Waals surface area contributed by atoms with Crippen LogP contribution in [0.5, 0.6) is 0 Å². The first-order valence-electron chi connectivity index (χ1n) is 7.97. The molecular formula is C17H15N5O3. The predicted octanol–water partition coefficient (Wildman–Crippen LogP) is 1.24. The van der Waals surface area contributed by atoms with Crippen LogP contribution >= 0.6 is 0 Å². The summed E-state index contributed by atoms with van der Waals surface area (Å²) in [6.45, 7) is 0.0490. The molecule has 3 heterocycles. The van der Waals surface area contributed by atoms with Crippen molar-refractivity contribution in [2.75, 3.05) is 0 Å². The minimum absolute atomic E-state index is 0.0490. The molecule has 2 N–H and O–H groups in total. The number of nitrogens with one attached hydrogen (secondary N) is 2. The van der Waals surface area contributed by atoms with Crippen LogP contribution in [0.15, 0.2) is 39.9 Å². The summed E-state index contributed by atoms with van der Waals surface area (Å²) in [7, 11) is 0. The van der Waals surface area contributed by atoms with E-state index in [0.29, 0.717) is 5.82 Å². The van der Waals surface area contributed by atoms with Crippen molar-refractivity contribution in [1.29, 1.82) is 0 Å². The Morgan fingerprint density at radius 2 is 2.12 bits per heavy atom. The van der Waals surface area contributed by atoms with E-state index < -0.39 is 5.91 Å². The molecule has 0 bridgehead atoms. The SMILES string of the molecule is O=C(NCc1nc(-c2ccncc2)no1)c1cc2c([nH]c1=O)CCC2. The minimum atomic E-state index is -0.459. The van der Waals surface area contributed by atoms with E-state index in [-0.39, 0.29) is 23.6 Å². The molecule has 0 unspecified atom stereocenters. The van der Waals surface area contributed by atoms with Gasteiger partial charge in [-0.2, -0.15) is 4.98 Å². The zero-order valence-corrected chi connectivity index (χ0v) is 13.3. The fourth-order valence-corrected chi connectivity index (χ4v) is 2.88. The molecule has 8 nitrogen and oxygen atoms in total. The Bertz CT molecular complexity index is 977. The third-order valence-corrected chi connectivity index (χ3v) is 4.14. The van der Waals surface area contributed by atoms with Crippen LogP contribution in [0.1, 0.15) is 33.9 Å². The number of fused-ring (bicyclic) bond motifs is 1. The second-order valence-corrected chi connectivity index (χ2v) is 5.80. The summed E-state index contributed by atoms with van der Waals surface area (Å²) in [5, 5.41) is 6.51. The maximum atomic E-state index is 12.3. The number of aryl methyl sites for hydroxylation is 2. The number of hydrogen-bond acceptors (Lipinski definition) is 6. The van der Waals surface area contributed by atoms with Crippen LogP contribution < -0.4 is 10.9 Å². The lowest BCUT2D eigenvalue weighted by Gasteiger charge is -2.04. The number of H-pyrrole nitrogens is 1. The van der Waals surface area contributed by atoms with Crippen LogP contribution in [0.25, 0.3) is 11.4 Å². The number of carbonyl (C=O) groups is 1. The van der Waals surface area contributed by atoms with Crippen molar-refractivity contribution in [3.8, 4) is 11.4 Å². The van der Waals surface area contributed by atoms with Crippen LogP contribution in [-0.2, 0) is 19.4 Å². The lowest BCUT2D eigenvalue weighted by atomic mass is 10.1. The van der Waals surface area contributed by atoms with Crippen LogP contribution in [0, 0.1) is 0 Å². The van der Waals surface area contributed by atoms with Crippen molar-refractivity contribution in [2.24, 2.45) is 0 Å². The average molecular weight is 337 g/mol. The number of rotatable bonds is 4. The highest BCUT2D eigenvalue weighted by atomic mass is 16.5. The molecular weight excluding hydrogens is 322 g/mol. The molecule has 0 aliphatic heterocycles. The van der Waals surface area contributed by atoms with E-state index in [0.717, 1.165) is 36.1 Å². The summed E-state index contributed by atoms with van der Waals surface area (Å²) in [5.41, 5.74) is 2.46. The summed E-state index contributed by atoms with van der Waals surface area (Å²) in [4.78, 5) is 35.3. The molecule has 126 valence electrons. The van der Waals surface area contributed by atoms with Gasteiger partial charge in [0.15, 0.2) is 0 Å². The molecule has 0 radical (unpaired) electrons. The Kier molecular flexibility index (Phi) is 3.85. The van der Waals surface area contributed by atoms with Crippen LogP contribution in [0.2, 0.25) is 0 Å². The predicted molar refractivity (Wildman–Crippen MR) is 87.8 cm³/mol. The Balaban J connectivity index is 1.46. The largest absolute Gasteiger partial charge is 0.343 e. The first kappa shape index (κ1) is 15.3. The summed E-state index contributed by atoms with van der Waals surface area (Å²) in [6.07, 6.45) is 5.99. The van der Waals surface area contributed by atoms with Gasteiger partial charge in [0.25, 0.3) is 11.5 Å². The van der Waals surface area contributed by atoms with Gasteiger partial charge in [-0.1, -0.05) is 5.16 Å². The molecule has 0 spiro atoms. The molecule has 1 aliphatic rings. The van der Waals surface area contributed by atoms with E-state index in [1.54, 1.807) is 30.6 Å². The zero-order valence-electron chi connectivity index (χ0n) is 13.3. The lowest BCUT2D eigenvalue weighted by Crippen LogP contribution is -2.30. The monoisotopic (exact) mass is 337 g/mol. The van der Waals surface area contributed by atoms with Crippen LogP contribution in [0.3, 0.4) is 0 Å². The highest BCUT2D eigenvalue weighted by molar-refractivity contribution is 5.94. The Hall–Kier alpha value is -3.29. The van der Waals surface area contributed by atoms with Gasteiger partial charge in [-0.15, -0.1) is 0 Å². The average Bonchev–Trinajstić information content (AvgIpc) is 3.28. The molecule has 0 atom stereocenters. The first-order chi connectivity index (χ1) is 12.2. The number of aromatic nitrogens is 4. The highest BCUT2D eigenvalue weighted by Crippen LogP contribution is 2.19. The summed E-state index contributed by atoms with van der Waals surface area (Å²) in [5.74, 6) is 0.222. The van der Waals surface area contributed by atoms with E-state index >= 15 is 0 Å². The molecule has 3 aromatic heterocycles. The highest BCUT2D eigenvalue weighted by Gasteiger charge is 2.18. The van der Waals surface area contributed by atoms with Gasteiger partial charge in [-0.25, -0.2) is 0 Å². The second-order valence-electron chi connectivity index (χ2n) is 5.80. The van der Waals surface area contributed by atoms with E-state index in [1.165, 1.54) is 0 Å². The van der Waals surface area contributed by atoms with Crippen LogP contribution in [0.4, 0.5) is 0 Å². The number of amides is 1. The zero-order chi connectivity index (χ0) is 17.2. The standard InChI is InChI=1S/C17H15N5O3/c23-16(12-8-11-2-1-3-13(11)20-17(12)24)19-9-14-21-15(22-25-14)10-4-6-18-7-5-10/h4-8H,1-3,9H2,(H,19,23)(H,20,24). The summed E-state index contributed by atoms with van der Waals surface area (Å²) < 4.78 is 5.13. The Morgan fingerprint density at radius 1 is 1.28 bits per heavy atom. The molecule has 3 aromatic rings. The van der Waals surface area contributed by atoms with Crippen molar-refractivity contribution in [1.82, 2.24) is 25.4 Å². The Morgan fingerprint density at radius 3 is 2.96 bits per heavy atom. The van der Waals surface area contributed by atoms with E-state index in [2.05, 4.69) is 25.4 Å². The fraction of sp³-hybridized carbons (Fsp3) is 0.235. The van der Waals surface area contributed by atoms with Crippen molar-refractivity contribution in [3.63, 3.8) is 0 Å². The number of nitrogens with zero attached hydrogens (tertiary/aromatic N) is 3. The number of aromatic amines is 1. The summed E-state index contributed by atoms with van der Waals surface area (Å²) in [6, 6.07) is 5.20. The number of carbonyl (C=O) groups excluding carboxylic acids is 1. The van der Waals surface area contributed by atoms with Gasteiger partial charge >= 0.3 is 0 Å². The van der Waals surface area contributed by atoms with Gasteiger partial charge in [0.05, 0.1) is 6.54 Å². The van der Waals surface area contributed by atoms with Crippen molar-refractivity contribution in [2.45, 2.75) is 25.8 Å². The Labute approximate surface area is 142 Å². The smallest absolute Gasteiger partial charge is 0.261 e. The normalized spacial score (nSPS) is 12.8. The van der Waals surface area contributed by atoms with Crippen molar-refractivity contribution < 1.29 is 9.32 Å².